The zero-order valence-corrected chi connectivity index (χ0v) is 7.30. The zero-order valence-electron chi connectivity index (χ0n) is 7.30. The van der Waals surface area contributed by atoms with Crippen molar-refractivity contribution in [3.8, 4) is 0 Å². The molecular weight excluding hydrogens is 142 g/mol. The maximum Gasteiger partial charge on any atom is 0.151 e. The van der Waals surface area contributed by atoms with Gasteiger partial charge in [0.15, 0.2) is 5.78 Å². The van der Waals surface area contributed by atoms with Gasteiger partial charge in [0.05, 0.1) is 12.6 Å². The Kier molecular flexibility index (Phi) is 6.07. The lowest BCUT2D eigenvalue weighted by atomic mass is 10.1. The number of nitrogens with two attached hydrogens (primary N) is 1. The third-order valence-corrected chi connectivity index (χ3v) is 1.54. The molecule has 11 heavy (non-hydrogen) atoms. The average Bonchev–Trinajstić information content (AvgIpc) is 2.00. The van der Waals surface area contributed by atoms with E-state index in [1.165, 1.54) is 0 Å². The third kappa shape index (κ3) is 4.93. The van der Waals surface area contributed by atoms with Crippen molar-refractivity contribution < 1.29 is 9.53 Å². The highest BCUT2D eigenvalue weighted by Crippen LogP contribution is 1.97. The van der Waals surface area contributed by atoms with E-state index in [0.717, 1.165) is 12.8 Å². The van der Waals surface area contributed by atoms with Gasteiger partial charge in [0.1, 0.15) is 0 Å². The lowest BCUT2D eigenvalue weighted by Gasteiger charge is -2.07. The summed E-state index contributed by atoms with van der Waals surface area (Å²) in [6.45, 7) is 2.39. The molecule has 0 saturated heterocycles. The second kappa shape index (κ2) is 6.31. The Morgan fingerprint density at radius 2 is 2.27 bits per heavy atom. The number of hydrogen-bond acceptors (Lipinski definition) is 3. The van der Waals surface area contributed by atoms with Crippen molar-refractivity contribution in [3.05, 3.63) is 0 Å². The molecule has 0 aliphatic carbocycles. The standard InChI is InChI=1S/C8H17NO2/c1-3-4-5-8(10)7(9)6-11-2/h7H,3-6,9H2,1-2H3. The fourth-order valence-corrected chi connectivity index (χ4v) is 0.809. The van der Waals surface area contributed by atoms with Crippen molar-refractivity contribution in [2.24, 2.45) is 5.73 Å². The molecule has 0 aromatic rings. The van der Waals surface area contributed by atoms with Crippen LogP contribution in [0.25, 0.3) is 0 Å². The third-order valence-electron chi connectivity index (χ3n) is 1.54. The van der Waals surface area contributed by atoms with Crippen LogP contribution in [-0.4, -0.2) is 25.5 Å². The highest BCUT2D eigenvalue weighted by atomic mass is 16.5. The van der Waals surface area contributed by atoms with Gasteiger partial charge in [0.2, 0.25) is 0 Å². The Bertz CT molecular complexity index is 115. The van der Waals surface area contributed by atoms with Gasteiger partial charge < -0.3 is 10.5 Å². The van der Waals surface area contributed by atoms with Gasteiger partial charge in [-0.25, -0.2) is 0 Å². The van der Waals surface area contributed by atoms with Crippen LogP contribution in [0.5, 0.6) is 0 Å². The molecule has 0 heterocycles. The van der Waals surface area contributed by atoms with Crippen LogP contribution in [0.1, 0.15) is 26.2 Å². The molecule has 3 heteroatoms. The summed E-state index contributed by atoms with van der Waals surface area (Å²) < 4.78 is 4.76. The normalized spacial score (nSPS) is 13.0. The number of ether oxygens (including phenoxy) is 1. The second-order valence-electron chi connectivity index (χ2n) is 2.63. The minimum atomic E-state index is -0.424. The van der Waals surface area contributed by atoms with E-state index in [1.807, 2.05) is 0 Å². The summed E-state index contributed by atoms with van der Waals surface area (Å²) >= 11 is 0. The SMILES string of the molecule is CCCCC(=O)C(N)COC. The summed E-state index contributed by atoms with van der Waals surface area (Å²) in [7, 11) is 1.55. The van der Waals surface area contributed by atoms with Crippen LogP contribution >= 0.6 is 0 Å². The van der Waals surface area contributed by atoms with Gasteiger partial charge in [-0.3, -0.25) is 4.79 Å². The van der Waals surface area contributed by atoms with Crippen molar-refractivity contribution in [2.45, 2.75) is 32.2 Å². The van der Waals surface area contributed by atoms with Crippen LogP contribution in [0, 0.1) is 0 Å². The molecule has 0 amide bonds. The van der Waals surface area contributed by atoms with Crippen molar-refractivity contribution in [1.82, 2.24) is 0 Å². The first-order valence-electron chi connectivity index (χ1n) is 3.99. The largest absolute Gasteiger partial charge is 0.383 e. The second-order valence-corrected chi connectivity index (χ2v) is 2.63. The predicted octanol–water partition coefficient (Wildman–Crippen LogP) is 0.719. The summed E-state index contributed by atoms with van der Waals surface area (Å²) in [5, 5.41) is 0. The fourth-order valence-electron chi connectivity index (χ4n) is 0.809. The number of rotatable bonds is 6. The van der Waals surface area contributed by atoms with E-state index in [2.05, 4.69) is 6.92 Å². The molecule has 0 radical (unpaired) electrons. The Balaban J connectivity index is 3.47. The molecule has 0 aromatic carbocycles. The first-order chi connectivity index (χ1) is 5.22. The molecule has 0 saturated carbocycles. The number of unbranched alkanes of at least 4 members (excludes halogenated alkanes) is 1. The van der Waals surface area contributed by atoms with Crippen LogP contribution < -0.4 is 5.73 Å². The first kappa shape index (κ1) is 10.6. The summed E-state index contributed by atoms with van der Waals surface area (Å²) in [4.78, 5) is 11.1. The van der Waals surface area contributed by atoms with Crippen molar-refractivity contribution in [1.29, 1.82) is 0 Å². The van der Waals surface area contributed by atoms with E-state index in [0.29, 0.717) is 13.0 Å². The molecule has 0 aliphatic heterocycles. The van der Waals surface area contributed by atoms with Crippen molar-refractivity contribution in [3.63, 3.8) is 0 Å². The number of Topliss-reactive ketones (excluding diaryl/α,β-unsaturated/α-hetero) is 1. The molecule has 0 aromatic heterocycles. The number of hydrogen-bond donors (Lipinski definition) is 1. The quantitative estimate of drug-likeness (QED) is 0.621. The topological polar surface area (TPSA) is 52.3 Å². The van der Waals surface area contributed by atoms with E-state index in [-0.39, 0.29) is 5.78 Å². The van der Waals surface area contributed by atoms with Crippen LogP contribution in [-0.2, 0) is 9.53 Å². The lowest BCUT2D eigenvalue weighted by molar-refractivity contribution is -0.121. The Morgan fingerprint density at radius 3 is 2.73 bits per heavy atom. The molecule has 0 rings (SSSR count). The Hall–Kier alpha value is -0.410. The highest BCUT2D eigenvalue weighted by molar-refractivity contribution is 5.83. The predicted molar refractivity (Wildman–Crippen MR) is 44.4 cm³/mol. The van der Waals surface area contributed by atoms with E-state index >= 15 is 0 Å². The Labute approximate surface area is 67.9 Å². The van der Waals surface area contributed by atoms with Gasteiger partial charge in [0.25, 0.3) is 0 Å². The highest BCUT2D eigenvalue weighted by Gasteiger charge is 2.11. The van der Waals surface area contributed by atoms with Crippen molar-refractivity contribution >= 4 is 5.78 Å². The van der Waals surface area contributed by atoms with E-state index in [1.54, 1.807) is 7.11 Å². The molecule has 3 nitrogen and oxygen atoms in total. The van der Waals surface area contributed by atoms with Crippen LogP contribution in [0.4, 0.5) is 0 Å². The van der Waals surface area contributed by atoms with Gasteiger partial charge in [-0.1, -0.05) is 13.3 Å². The minimum Gasteiger partial charge on any atom is -0.383 e. The molecule has 2 N–H and O–H groups in total. The van der Waals surface area contributed by atoms with Crippen LogP contribution in [0.2, 0.25) is 0 Å². The minimum absolute atomic E-state index is 0.105. The van der Waals surface area contributed by atoms with E-state index in [9.17, 15) is 4.79 Å². The number of ketones is 1. The summed E-state index contributed by atoms with van der Waals surface area (Å²) in [6, 6.07) is -0.424. The van der Waals surface area contributed by atoms with Gasteiger partial charge in [-0.05, 0) is 6.42 Å². The number of carbonyl (C=O) groups excluding carboxylic acids is 1. The molecule has 1 atom stereocenters. The molecule has 0 spiro atoms. The summed E-state index contributed by atoms with van der Waals surface area (Å²) in [5.41, 5.74) is 5.49. The monoisotopic (exact) mass is 159 g/mol. The molecule has 0 aliphatic rings. The maximum absolute atomic E-state index is 11.1. The van der Waals surface area contributed by atoms with Gasteiger partial charge in [-0.15, -0.1) is 0 Å². The average molecular weight is 159 g/mol. The first-order valence-corrected chi connectivity index (χ1v) is 3.99. The summed E-state index contributed by atoms with van der Waals surface area (Å²) in [5.74, 6) is 0.105. The van der Waals surface area contributed by atoms with Gasteiger partial charge >= 0.3 is 0 Å². The van der Waals surface area contributed by atoms with Gasteiger partial charge in [-0.2, -0.15) is 0 Å². The number of methoxy groups -OCH3 is 1. The van der Waals surface area contributed by atoms with Crippen LogP contribution in [0.3, 0.4) is 0 Å². The molecule has 0 fully saturated rings. The van der Waals surface area contributed by atoms with E-state index in [4.69, 9.17) is 10.5 Å². The molecule has 0 bridgehead atoms. The summed E-state index contributed by atoms with van der Waals surface area (Å²) in [6.07, 6.45) is 2.54. The molecule has 66 valence electrons. The number of carbonyl (C=O) groups is 1. The fraction of sp³-hybridized carbons (Fsp3) is 0.875. The van der Waals surface area contributed by atoms with Crippen LogP contribution in [0.15, 0.2) is 0 Å². The smallest absolute Gasteiger partial charge is 0.151 e. The maximum atomic E-state index is 11.1. The molecular formula is C8H17NO2. The van der Waals surface area contributed by atoms with E-state index < -0.39 is 6.04 Å². The zero-order chi connectivity index (χ0) is 8.69. The lowest BCUT2D eigenvalue weighted by Crippen LogP contribution is -2.34. The van der Waals surface area contributed by atoms with Gasteiger partial charge in [0, 0.05) is 13.5 Å². The Morgan fingerprint density at radius 1 is 1.64 bits per heavy atom. The van der Waals surface area contributed by atoms with Crippen molar-refractivity contribution in [2.75, 3.05) is 13.7 Å². The molecule has 1 unspecified atom stereocenters.